The summed E-state index contributed by atoms with van der Waals surface area (Å²) in [5.41, 5.74) is 1.91. The molecule has 1 amide bonds. The molecule has 0 saturated heterocycles. The van der Waals surface area contributed by atoms with Gasteiger partial charge in [0.15, 0.2) is 17.4 Å². The summed E-state index contributed by atoms with van der Waals surface area (Å²) in [4.78, 5) is 38.1. The fourth-order valence-electron chi connectivity index (χ4n) is 4.53. The Balaban J connectivity index is 1.35. The zero-order valence-electron chi connectivity index (χ0n) is 20.6. The summed E-state index contributed by atoms with van der Waals surface area (Å²) in [6.45, 7) is 0.0104. The van der Waals surface area contributed by atoms with Gasteiger partial charge in [0.05, 0.1) is 25.1 Å². The van der Waals surface area contributed by atoms with Gasteiger partial charge in [-0.25, -0.2) is 13.2 Å². The molecule has 3 aromatic carbocycles. The van der Waals surface area contributed by atoms with Gasteiger partial charge in [-0.3, -0.25) is 14.4 Å². The zero-order chi connectivity index (χ0) is 27.5. The number of hydrogen-bond donors (Lipinski definition) is 1. The van der Waals surface area contributed by atoms with Gasteiger partial charge in [-0.15, -0.1) is 0 Å². The first kappa shape index (κ1) is 26.0. The van der Waals surface area contributed by atoms with Crippen LogP contribution in [0.4, 0.5) is 18.9 Å². The molecule has 2 heterocycles. The van der Waals surface area contributed by atoms with Crippen LogP contribution in [0.5, 0.6) is 5.75 Å². The topological polar surface area (TPSA) is 77.4 Å². The molecule has 5 rings (SSSR count). The lowest BCUT2D eigenvalue weighted by Gasteiger charge is -2.18. The first-order chi connectivity index (χ1) is 18.8. The third-order valence-corrected chi connectivity index (χ3v) is 6.59. The summed E-state index contributed by atoms with van der Waals surface area (Å²) < 4.78 is 47.7. The normalized spacial score (nSPS) is 13.1. The highest BCUT2D eigenvalue weighted by molar-refractivity contribution is 5.99. The number of rotatable bonds is 9. The fraction of sp³-hybridized carbons (Fsp3) is 0.167. The minimum atomic E-state index is -1.03. The van der Waals surface area contributed by atoms with Crippen LogP contribution in [0.1, 0.15) is 39.4 Å². The standard InChI is InChI=1S/C30H23F3N2O4/c31-22-7-4-19(5-8-22)21(17-39-23-9-6-20-14-29(37)34-27(20)15-23)13-28(36)24-2-1-11-35(30(24)38)16-18-3-10-25(32)26(33)12-18/h1-12,15,21H,13-14,16-17H2,(H,34,37). The number of ether oxygens (including phenoxy) is 1. The number of hydrogen-bond acceptors (Lipinski definition) is 4. The van der Waals surface area contributed by atoms with Crippen molar-refractivity contribution in [3.8, 4) is 5.75 Å². The van der Waals surface area contributed by atoms with Crippen LogP contribution in [0.25, 0.3) is 0 Å². The number of nitrogens with one attached hydrogen (secondary N) is 1. The largest absolute Gasteiger partial charge is 0.493 e. The Kier molecular flexibility index (Phi) is 7.31. The monoisotopic (exact) mass is 532 g/mol. The Hall–Kier alpha value is -4.66. The van der Waals surface area contributed by atoms with Crippen molar-refractivity contribution in [1.29, 1.82) is 0 Å². The van der Waals surface area contributed by atoms with Crippen LogP contribution in [-0.4, -0.2) is 22.9 Å². The maximum atomic E-state index is 13.6. The first-order valence-corrected chi connectivity index (χ1v) is 12.2. The third kappa shape index (κ3) is 5.93. The number of fused-ring (bicyclic) bond motifs is 1. The molecule has 6 nitrogen and oxygen atoms in total. The van der Waals surface area contributed by atoms with Crippen molar-refractivity contribution in [2.24, 2.45) is 0 Å². The number of amides is 1. The second-order valence-electron chi connectivity index (χ2n) is 9.33. The predicted molar refractivity (Wildman–Crippen MR) is 139 cm³/mol. The number of aromatic nitrogens is 1. The van der Waals surface area contributed by atoms with E-state index in [2.05, 4.69) is 5.32 Å². The molecule has 0 saturated carbocycles. The molecular weight excluding hydrogens is 509 g/mol. The van der Waals surface area contributed by atoms with E-state index in [9.17, 15) is 27.6 Å². The van der Waals surface area contributed by atoms with Gasteiger partial charge in [0.1, 0.15) is 11.6 Å². The molecule has 198 valence electrons. The van der Waals surface area contributed by atoms with E-state index < -0.39 is 34.7 Å². The molecule has 39 heavy (non-hydrogen) atoms. The quantitative estimate of drug-likeness (QED) is 0.299. The summed E-state index contributed by atoms with van der Waals surface area (Å²) in [5.74, 6) is -3.02. The van der Waals surface area contributed by atoms with Crippen LogP contribution in [0.3, 0.4) is 0 Å². The van der Waals surface area contributed by atoms with Gasteiger partial charge < -0.3 is 14.6 Å². The summed E-state index contributed by atoms with van der Waals surface area (Å²) >= 11 is 0. The zero-order valence-corrected chi connectivity index (χ0v) is 20.6. The number of carbonyl (C=O) groups excluding carboxylic acids is 2. The Morgan fingerprint density at radius 1 is 0.949 bits per heavy atom. The lowest BCUT2D eigenvalue weighted by Crippen LogP contribution is -2.27. The highest BCUT2D eigenvalue weighted by atomic mass is 19.2. The summed E-state index contributed by atoms with van der Waals surface area (Å²) in [6.07, 6.45) is 1.67. The van der Waals surface area contributed by atoms with E-state index in [1.54, 1.807) is 30.3 Å². The van der Waals surface area contributed by atoms with Crippen molar-refractivity contribution >= 4 is 17.4 Å². The van der Waals surface area contributed by atoms with Crippen molar-refractivity contribution in [1.82, 2.24) is 4.57 Å². The number of halogens is 3. The molecule has 1 aromatic heterocycles. The molecule has 0 fully saturated rings. The Morgan fingerprint density at radius 2 is 1.74 bits per heavy atom. The molecule has 9 heteroatoms. The molecule has 1 aliphatic heterocycles. The van der Waals surface area contributed by atoms with E-state index in [-0.39, 0.29) is 31.0 Å². The van der Waals surface area contributed by atoms with Crippen LogP contribution in [0, 0.1) is 17.5 Å². The number of pyridine rings is 1. The Labute approximate surface area is 221 Å². The number of Topliss-reactive ketones (excluding diaryl/α,β-unsaturated/α-hetero) is 1. The average Bonchev–Trinajstić information content (AvgIpc) is 3.29. The van der Waals surface area contributed by atoms with Gasteiger partial charge >= 0.3 is 0 Å². The van der Waals surface area contributed by atoms with E-state index >= 15 is 0 Å². The molecule has 1 unspecified atom stereocenters. The maximum absolute atomic E-state index is 13.6. The highest BCUT2D eigenvalue weighted by Gasteiger charge is 2.22. The van der Waals surface area contributed by atoms with Crippen LogP contribution >= 0.6 is 0 Å². The molecule has 4 aromatic rings. The van der Waals surface area contributed by atoms with Gasteiger partial charge in [0, 0.05) is 30.3 Å². The van der Waals surface area contributed by atoms with Gasteiger partial charge in [-0.2, -0.15) is 0 Å². The molecule has 0 radical (unpaired) electrons. The minimum Gasteiger partial charge on any atom is -0.493 e. The second kappa shape index (κ2) is 11.0. The van der Waals surface area contributed by atoms with Crippen molar-refractivity contribution in [3.63, 3.8) is 0 Å². The van der Waals surface area contributed by atoms with E-state index in [1.807, 2.05) is 0 Å². The first-order valence-electron chi connectivity index (χ1n) is 12.2. The molecule has 0 bridgehead atoms. The van der Waals surface area contributed by atoms with E-state index in [0.717, 1.165) is 17.7 Å². The van der Waals surface area contributed by atoms with Crippen molar-refractivity contribution in [2.45, 2.75) is 25.3 Å². The number of benzene rings is 3. The number of anilines is 1. The molecular formula is C30H23F3N2O4. The fourth-order valence-corrected chi connectivity index (χ4v) is 4.53. The Morgan fingerprint density at radius 3 is 2.51 bits per heavy atom. The smallest absolute Gasteiger partial charge is 0.261 e. The van der Waals surface area contributed by atoms with Crippen molar-refractivity contribution < 1.29 is 27.5 Å². The van der Waals surface area contributed by atoms with E-state index in [1.165, 1.54) is 41.1 Å². The predicted octanol–water partition coefficient (Wildman–Crippen LogP) is 5.24. The number of nitrogens with zero attached hydrogens (tertiary/aromatic N) is 1. The maximum Gasteiger partial charge on any atom is 0.261 e. The van der Waals surface area contributed by atoms with Gasteiger partial charge in [-0.05, 0) is 59.2 Å². The number of carbonyl (C=O) groups is 2. The van der Waals surface area contributed by atoms with Crippen molar-refractivity contribution in [2.75, 3.05) is 11.9 Å². The van der Waals surface area contributed by atoms with Gasteiger partial charge in [0.25, 0.3) is 5.56 Å². The lowest BCUT2D eigenvalue weighted by molar-refractivity contribution is -0.115. The Bertz CT molecular complexity index is 1620. The summed E-state index contributed by atoms with van der Waals surface area (Å²) in [7, 11) is 0. The molecule has 1 aliphatic rings. The third-order valence-electron chi connectivity index (χ3n) is 6.59. The van der Waals surface area contributed by atoms with Gasteiger partial charge in [-0.1, -0.05) is 24.3 Å². The molecule has 1 N–H and O–H groups in total. The SMILES string of the molecule is O=C1Cc2ccc(OCC(CC(=O)c3cccn(Cc4ccc(F)c(F)c4)c3=O)c3ccc(F)cc3)cc2N1. The summed E-state index contributed by atoms with van der Waals surface area (Å²) in [5, 5.41) is 2.76. The molecule has 0 spiro atoms. The van der Waals surface area contributed by atoms with Crippen LogP contribution < -0.4 is 15.6 Å². The van der Waals surface area contributed by atoms with Crippen LogP contribution in [0.2, 0.25) is 0 Å². The van der Waals surface area contributed by atoms with Crippen LogP contribution in [-0.2, 0) is 17.8 Å². The number of ketones is 1. The average molecular weight is 533 g/mol. The highest BCUT2D eigenvalue weighted by Crippen LogP contribution is 2.29. The van der Waals surface area contributed by atoms with Crippen LogP contribution in [0.15, 0.2) is 83.8 Å². The van der Waals surface area contributed by atoms with E-state index in [4.69, 9.17) is 4.74 Å². The molecule has 1 atom stereocenters. The lowest BCUT2D eigenvalue weighted by atomic mass is 9.92. The van der Waals surface area contributed by atoms with E-state index in [0.29, 0.717) is 29.0 Å². The second-order valence-corrected chi connectivity index (χ2v) is 9.33. The van der Waals surface area contributed by atoms with Gasteiger partial charge in [0.2, 0.25) is 5.91 Å². The summed E-state index contributed by atoms with van der Waals surface area (Å²) in [6, 6.07) is 17.2. The van der Waals surface area contributed by atoms with Crippen molar-refractivity contribution in [3.05, 3.63) is 129 Å². The molecule has 0 aliphatic carbocycles. The minimum absolute atomic E-state index is 0.0451.